The molecule has 24 heavy (non-hydrogen) atoms. The number of phenols is 1. The molecule has 2 N–H and O–H groups in total. The lowest BCUT2D eigenvalue weighted by Gasteiger charge is -2.13. The van der Waals surface area contributed by atoms with Crippen molar-refractivity contribution >= 4 is 16.9 Å². The molecule has 0 aliphatic rings. The third-order valence-electron chi connectivity index (χ3n) is 3.90. The van der Waals surface area contributed by atoms with Crippen molar-refractivity contribution < 1.29 is 23.1 Å². The van der Waals surface area contributed by atoms with E-state index < -0.39 is 29.3 Å². The van der Waals surface area contributed by atoms with Crippen LogP contribution in [0.4, 0.5) is 8.78 Å². The molecule has 1 heterocycles. The maximum absolute atomic E-state index is 13.4. The zero-order chi connectivity index (χ0) is 17.4. The summed E-state index contributed by atoms with van der Waals surface area (Å²) in [7, 11) is 0. The second-order valence-corrected chi connectivity index (χ2v) is 5.57. The number of nitrogens with one attached hydrogen (secondary N) is 1. The summed E-state index contributed by atoms with van der Waals surface area (Å²) in [4.78, 5) is 12.2. The van der Waals surface area contributed by atoms with E-state index in [0.717, 1.165) is 23.1 Å². The second-order valence-electron chi connectivity index (χ2n) is 5.57. The van der Waals surface area contributed by atoms with Gasteiger partial charge >= 0.3 is 0 Å². The Morgan fingerprint density at radius 3 is 2.46 bits per heavy atom. The van der Waals surface area contributed by atoms with Gasteiger partial charge in [-0.2, -0.15) is 0 Å². The summed E-state index contributed by atoms with van der Waals surface area (Å²) >= 11 is 0. The van der Waals surface area contributed by atoms with Crippen molar-refractivity contribution in [3.63, 3.8) is 0 Å². The summed E-state index contributed by atoms with van der Waals surface area (Å²) in [6.07, 6.45) is 0. The average Bonchev–Trinajstić information content (AvgIpc) is 2.89. The third kappa shape index (κ3) is 2.71. The van der Waals surface area contributed by atoms with Crippen molar-refractivity contribution in [3.05, 3.63) is 64.9 Å². The highest BCUT2D eigenvalue weighted by Gasteiger charge is 2.20. The number of aryl methyl sites for hydroxylation is 1. The first kappa shape index (κ1) is 16.0. The molecule has 0 radical (unpaired) electrons. The number of carbonyl (C=O) groups is 1. The Hall–Kier alpha value is -2.89. The molecular formula is C18H15F2NO3. The van der Waals surface area contributed by atoms with Crippen LogP contribution in [0.1, 0.15) is 34.6 Å². The molecule has 0 aliphatic carbocycles. The number of fused-ring (bicyclic) bond motifs is 1. The minimum absolute atomic E-state index is 0.219. The van der Waals surface area contributed by atoms with Crippen LogP contribution in [0.25, 0.3) is 11.0 Å². The lowest BCUT2D eigenvalue weighted by Crippen LogP contribution is -2.27. The number of aromatic hydroxyl groups is 1. The molecule has 3 aromatic rings. The Labute approximate surface area is 136 Å². The van der Waals surface area contributed by atoms with Gasteiger partial charge in [-0.15, -0.1) is 0 Å². The molecular weight excluding hydrogens is 316 g/mol. The first-order chi connectivity index (χ1) is 11.4. The first-order valence-corrected chi connectivity index (χ1v) is 7.35. The monoisotopic (exact) mass is 331 g/mol. The number of amides is 1. The largest absolute Gasteiger partial charge is 0.503 e. The van der Waals surface area contributed by atoms with Crippen LogP contribution in [-0.2, 0) is 0 Å². The van der Waals surface area contributed by atoms with Gasteiger partial charge < -0.3 is 14.8 Å². The lowest BCUT2D eigenvalue weighted by molar-refractivity contribution is 0.0934. The van der Waals surface area contributed by atoms with Crippen LogP contribution in [-0.4, -0.2) is 11.0 Å². The van der Waals surface area contributed by atoms with Crippen molar-refractivity contribution in [3.8, 4) is 5.75 Å². The van der Waals surface area contributed by atoms with Crippen LogP contribution in [0.2, 0.25) is 0 Å². The van der Waals surface area contributed by atoms with E-state index >= 15 is 0 Å². The Bertz CT molecular complexity index is 910. The topological polar surface area (TPSA) is 62.5 Å². The lowest BCUT2D eigenvalue weighted by atomic mass is 10.1. The van der Waals surface area contributed by atoms with Crippen LogP contribution >= 0.6 is 0 Å². The molecule has 0 fully saturated rings. The number of para-hydroxylation sites is 1. The van der Waals surface area contributed by atoms with Gasteiger partial charge in [0, 0.05) is 16.5 Å². The van der Waals surface area contributed by atoms with Gasteiger partial charge in [0.25, 0.3) is 5.91 Å². The number of carbonyl (C=O) groups excluding carboxylic acids is 1. The fourth-order valence-electron chi connectivity index (χ4n) is 2.65. The molecule has 124 valence electrons. The van der Waals surface area contributed by atoms with E-state index in [0.29, 0.717) is 11.3 Å². The quantitative estimate of drug-likeness (QED) is 0.755. The summed E-state index contributed by atoms with van der Waals surface area (Å²) < 4.78 is 32.5. The van der Waals surface area contributed by atoms with E-state index in [1.165, 1.54) is 0 Å². The average molecular weight is 331 g/mol. The van der Waals surface area contributed by atoms with E-state index in [1.807, 2.05) is 31.2 Å². The summed E-state index contributed by atoms with van der Waals surface area (Å²) in [5.74, 6) is -3.57. The molecule has 2 aromatic carbocycles. The SMILES string of the molecule is Cc1c([C@@H](C)NC(=O)c2cc(F)c(O)c(F)c2)oc2ccccc12. The molecule has 3 rings (SSSR count). The summed E-state index contributed by atoms with van der Waals surface area (Å²) in [6.45, 7) is 3.60. The standard InChI is InChI=1S/C18H15F2NO3/c1-9-12-5-3-4-6-15(12)24-17(9)10(2)21-18(23)11-7-13(19)16(22)14(20)8-11/h3-8,10,22H,1-2H3,(H,21,23)/t10-/m1/s1. The predicted molar refractivity (Wildman–Crippen MR) is 84.9 cm³/mol. The Morgan fingerprint density at radius 1 is 1.21 bits per heavy atom. The van der Waals surface area contributed by atoms with Crippen molar-refractivity contribution in [1.82, 2.24) is 5.32 Å². The van der Waals surface area contributed by atoms with Gasteiger partial charge in [0.2, 0.25) is 0 Å². The van der Waals surface area contributed by atoms with Crippen molar-refractivity contribution in [2.45, 2.75) is 19.9 Å². The van der Waals surface area contributed by atoms with E-state index in [9.17, 15) is 13.6 Å². The molecule has 0 unspecified atom stereocenters. The van der Waals surface area contributed by atoms with Crippen LogP contribution in [0, 0.1) is 18.6 Å². The number of phenolic OH excluding ortho intramolecular Hbond substituents is 1. The smallest absolute Gasteiger partial charge is 0.252 e. The Balaban J connectivity index is 1.87. The fraction of sp³-hybridized carbons (Fsp3) is 0.167. The fourth-order valence-corrected chi connectivity index (χ4v) is 2.65. The maximum Gasteiger partial charge on any atom is 0.252 e. The van der Waals surface area contributed by atoms with Gasteiger partial charge in [0.05, 0.1) is 6.04 Å². The molecule has 0 spiro atoms. The van der Waals surface area contributed by atoms with Crippen LogP contribution in [0.15, 0.2) is 40.8 Å². The number of benzene rings is 2. The van der Waals surface area contributed by atoms with Crippen molar-refractivity contribution in [2.24, 2.45) is 0 Å². The number of furan rings is 1. The third-order valence-corrected chi connectivity index (χ3v) is 3.90. The van der Waals surface area contributed by atoms with E-state index in [2.05, 4.69) is 5.32 Å². The molecule has 0 aliphatic heterocycles. The zero-order valence-corrected chi connectivity index (χ0v) is 13.1. The molecule has 1 aromatic heterocycles. The number of hydrogen-bond acceptors (Lipinski definition) is 3. The first-order valence-electron chi connectivity index (χ1n) is 7.35. The Morgan fingerprint density at radius 2 is 1.83 bits per heavy atom. The summed E-state index contributed by atoms with van der Waals surface area (Å²) in [6, 6.07) is 8.55. The molecule has 1 amide bonds. The molecule has 4 nitrogen and oxygen atoms in total. The van der Waals surface area contributed by atoms with Gasteiger partial charge in [0.1, 0.15) is 11.3 Å². The highest BCUT2D eigenvalue weighted by molar-refractivity contribution is 5.94. The van der Waals surface area contributed by atoms with Crippen LogP contribution < -0.4 is 5.32 Å². The van der Waals surface area contributed by atoms with Crippen molar-refractivity contribution in [2.75, 3.05) is 0 Å². The predicted octanol–water partition coefficient (Wildman–Crippen LogP) is 4.22. The summed E-state index contributed by atoms with van der Waals surface area (Å²) in [5.41, 5.74) is 1.37. The van der Waals surface area contributed by atoms with Crippen molar-refractivity contribution in [1.29, 1.82) is 0 Å². The molecule has 0 saturated heterocycles. The van der Waals surface area contributed by atoms with Crippen LogP contribution in [0.3, 0.4) is 0 Å². The zero-order valence-electron chi connectivity index (χ0n) is 13.1. The minimum Gasteiger partial charge on any atom is -0.503 e. The van der Waals surface area contributed by atoms with Gasteiger partial charge in [-0.1, -0.05) is 18.2 Å². The normalized spacial score (nSPS) is 12.3. The van der Waals surface area contributed by atoms with Gasteiger partial charge in [-0.25, -0.2) is 8.78 Å². The highest BCUT2D eigenvalue weighted by atomic mass is 19.1. The number of hydrogen-bond donors (Lipinski definition) is 2. The Kier molecular flexibility index (Phi) is 3.97. The van der Waals surface area contributed by atoms with Crippen LogP contribution in [0.5, 0.6) is 5.75 Å². The minimum atomic E-state index is -1.19. The van der Waals surface area contributed by atoms with E-state index in [4.69, 9.17) is 9.52 Å². The molecule has 1 atom stereocenters. The highest BCUT2D eigenvalue weighted by Crippen LogP contribution is 2.29. The summed E-state index contributed by atoms with van der Waals surface area (Å²) in [5, 5.41) is 12.7. The number of rotatable bonds is 3. The molecule has 6 heteroatoms. The molecule has 0 saturated carbocycles. The maximum atomic E-state index is 13.4. The van der Waals surface area contributed by atoms with E-state index in [1.54, 1.807) is 6.92 Å². The number of halogens is 2. The molecule has 0 bridgehead atoms. The van der Waals surface area contributed by atoms with Gasteiger partial charge in [-0.05, 0) is 32.0 Å². The van der Waals surface area contributed by atoms with Gasteiger partial charge in [-0.3, -0.25) is 4.79 Å². The van der Waals surface area contributed by atoms with E-state index in [-0.39, 0.29) is 5.56 Å². The van der Waals surface area contributed by atoms with Gasteiger partial charge in [0.15, 0.2) is 17.4 Å². The second kappa shape index (κ2) is 5.96.